The van der Waals surface area contributed by atoms with Crippen LogP contribution in [0.15, 0.2) is 60.9 Å². The lowest BCUT2D eigenvalue weighted by atomic mass is 9.94. The van der Waals surface area contributed by atoms with E-state index in [0.29, 0.717) is 11.8 Å². The Labute approximate surface area is 154 Å². The first-order valence-electron chi connectivity index (χ1n) is 9.20. The average molecular weight is 341 g/mol. The maximum Gasteiger partial charge on any atom is 0.0892 e. The van der Waals surface area contributed by atoms with Gasteiger partial charge in [-0.15, -0.1) is 0 Å². The third-order valence-electron chi connectivity index (χ3n) is 4.94. The molecule has 0 aliphatic rings. The van der Waals surface area contributed by atoms with Gasteiger partial charge in [0.05, 0.1) is 22.2 Å². The Morgan fingerprint density at radius 2 is 1.62 bits per heavy atom. The fraction of sp³-hybridized carbons (Fsp3) is 0.261. The van der Waals surface area contributed by atoms with E-state index in [1.165, 1.54) is 16.5 Å². The van der Waals surface area contributed by atoms with Crippen molar-refractivity contribution in [3.8, 4) is 0 Å². The van der Waals surface area contributed by atoms with E-state index in [1.54, 1.807) is 0 Å². The van der Waals surface area contributed by atoms with Gasteiger partial charge in [-0.3, -0.25) is 9.97 Å². The molecule has 3 heteroatoms. The van der Waals surface area contributed by atoms with Gasteiger partial charge in [0.15, 0.2) is 0 Å². The van der Waals surface area contributed by atoms with Gasteiger partial charge in [-0.05, 0) is 53.6 Å². The van der Waals surface area contributed by atoms with E-state index in [9.17, 15) is 0 Å². The van der Waals surface area contributed by atoms with Crippen LogP contribution in [0.25, 0.3) is 21.9 Å². The topological polar surface area (TPSA) is 38.7 Å². The number of hydrogen-bond donors (Lipinski definition) is 0. The molecule has 0 saturated heterocycles. The highest BCUT2D eigenvalue weighted by atomic mass is 14.8. The van der Waals surface area contributed by atoms with E-state index in [1.807, 2.05) is 18.5 Å². The van der Waals surface area contributed by atoms with Crippen molar-refractivity contribution in [2.75, 3.05) is 0 Å². The Balaban J connectivity index is 1.62. The fourth-order valence-corrected chi connectivity index (χ4v) is 3.31. The molecule has 0 spiro atoms. The third kappa shape index (κ3) is 3.30. The standard InChI is InChI=1S/C23H23N3/c1-15(2)23-14-25-21-9-8-17(11-22(21)26-23)10-16(3)19-12-18-6-4-5-7-20(18)24-13-19/h4-9,11-16H,10H2,1-3H3/t16-/m0/s1. The number of benzene rings is 2. The SMILES string of the molecule is CC(C)c1cnc2ccc(C[C@H](C)c3cnc4ccccc4c3)cc2n1. The summed E-state index contributed by atoms with van der Waals surface area (Å²) < 4.78 is 0. The lowest BCUT2D eigenvalue weighted by Gasteiger charge is -2.13. The second-order valence-corrected chi connectivity index (χ2v) is 7.34. The molecular weight excluding hydrogens is 318 g/mol. The van der Waals surface area contributed by atoms with E-state index in [2.05, 4.69) is 73.2 Å². The Bertz CT molecular complexity index is 1070. The lowest BCUT2D eigenvalue weighted by molar-refractivity contribution is 0.757. The lowest BCUT2D eigenvalue weighted by Crippen LogP contribution is -2.01. The minimum atomic E-state index is 0.387. The predicted molar refractivity (Wildman–Crippen MR) is 107 cm³/mol. The van der Waals surface area contributed by atoms with Gasteiger partial charge in [0, 0.05) is 17.8 Å². The Hall–Kier alpha value is -2.81. The van der Waals surface area contributed by atoms with Crippen LogP contribution >= 0.6 is 0 Å². The monoisotopic (exact) mass is 341 g/mol. The minimum Gasteiger partial charge on any atom is -0.256 e. The summed E-state index contributed by atoms with van der Waals surface area (Å²) in [7, 11) is 0. The minimum absolute atomic E-state index is 0.387. The van der Waals surface area contributed by atoms with Gasteiger partial charge in [0.1, 0.15) is 0 Å². The molecule has 2 aromatic heterocycles. The maximum atomic E-state index is 4.78. The van der Waals surface area contributed by atoms with Crippen LogP contribution in [0, 0.1) is 0 Å². The second-order valence-electron chi connectivity index (χ2n) is 7.34. The molecule has 4 aromatic rings. The first-order valence-corrected chi connectivity index (χ1v) is 9.20. The molecule has 2 aromatic carbocycles. The van der Waals surface area contributed by atoms with Gasteiger partial charge in [-0.1, -0.05) is 45.0 Å². The zero-order chi connectivity index (χ0) is 18.1. The van der Waals surface area contributed by atoms with Crippen molar-refractivity contribution in [2.24, 2.45) is 0 Å². The van der Waals surface area contributed by atoms with E-state index in [-0.39, 0.29) is 0 Å². The van der Waals surface area contributed by atoms with Crippen LogP contribution in [-0.2, 0) is 6.42 Å². The Morgan fingerprint density at radius 3 is 2.46 bits per heavy atom. The van der Waals surface area contributed by atoms with Gasteiger partial charge in [-0.2, -0.15) is 0 Å². The van der Waals surface area contributed by atoms with Gasteiger partial charge in [0.2, 0.25) is 0 Å². The molecule has 0 fully saturated rings. The summed E-state index contributed by atoms with van der Waals surface area (Å²) in [6.07, 6.45) is 4.85. The molecule has 0 unspecified atom stereocenters. The van der Waals surface area contributed by atoms with Crippen molar-refractivity contribution < 1.29 is 0 Å². The molecule has 0 aliphatic carbocycles. The number of para-hydroxylation sites is 1. The Morgan fingerprint density at radius 1 is 0.808 bits per heavy atom. The van der Waals surface area contributed by atoms with Crippen LogP contribution in [0.3, 0.4) is 0 Å². The van der Waals surface area contributed by atoms with Crippen molar-refractivity contribution in [3.63, 3.8) is 0 Å². The molecule has 0 radical (unpaired) electrons. The molecule has 0 N–H and O–H groups in total. The van der Waals surface area contributed by atoms with Crippen molar-refractivity contribution in [1.82, 2.24) is 15.0 Å². The molecule has 0 aliphatic heterocycles. The largest absolute Gasteiger partial charge is 0.256 e. The maximum absolute atomic E-state index is 4.78. The van der Waals surface area contributed by atoms with Gasteiger partial charge < -0.3 is 0 Å². The summed E-state index contributed by atoms with van der Waals surface area (Å²) in [5.41, 5.74) is 6.59. The fourth-order valence-electron chi connectivity index (χ4n) is 3.31. The molecule has 4 rings (SSSR count). The first-order chi connectivity index (χ1) is 12.6. The van der Waals surface area contributed by atoms with Gasteiger partial charge in [0.25, 0.3) is 0 Å². The molecule has 0 amide bonds. The predicted octanol–water partition coefficient (Wildman–Crippen LogP) is 5.65. The highest BCUT2D eigenvalue weighted by Crippen LogP contribution is 2.24. The Kier molecular flexibility index (Phi) is 4.37. The molecule has 1 atom stereocenters. The van der Waals surface area contributed by atoms with Crippen LogP contribution < -0.4 is 0 Å². The van der Waals surface area contributed by atoms with Gasteiger partial charge >= 0.3 is 0 Å². The third-order valence-corrected chi connectivity index (χ3v) is 4.94. The summed E-state index contributed by atoms with van der Waals surface area (Å²) in [6, 6.07) is 16.9. The van der Waals surface area contributed by atoms with Crippen LogP contribution in [-0.4, -0.2) is 15.0 Å². The molecule has 3 nitrogen and oxygen atoms in total. The quantitative estimate of drug-likeness (QED) is 0.481. The number of aromatic nitrogens is 3. The molecule has 0 saturated carbocycles. The molecule has 2 heterocycles. The second kappa shape index (κ2) is 6.83. The zero-order valence-corrected chi connectivity index (χ0v) is 15.5. The van der Waals surface area contributed by atoms with Gasteiger partial charge in [-0.25, -0.2) is 4.98 Å². The average Bonchev–Trinajstić information content (AvgIpc) is 2.67. The number of pyridine rings is 1. The van der Waals surface area contributed by atoms with Crippen LogP contribution in [0.4, 0.5) is 0 Å². The summed E-state index contributed by atoms with van der Waals surface area (Å²) in [5, 5.41) is 1.20. The highest BCUT2D eigenvalue weighted by Gasteiger charge is 2.10. The smallest absolute Gasteiger partial charge is 0.0892 e. The van der Waals surface area contributed by atoms with Crippen molar-refractivity contribution in [3.05, 3.63) is 77.7 Å². The summed E-state index contributed by atoms with van der Waals surface area (Å²) >= 11 is 0. The normalized spacial score (nSPS) is 12.8. The van der Waals surface area contributed by atoms with Crippen LogP contribution in [0.2, 0.25) is 0 Å². The van der Waals surface area contributed by atoms with Crippen LogP contribution in [0.5, 0.6) is 0 Å². The molecule has 130 valence electrons. The molecular formula is C23H23N3. The van der Waals surface area contributed by atoms with E-state index in [4.69, 9.17) is 4.98 Å². The van der Waals surface area contributed by atoms with E-state index < -0.39 is 0 Å². The summed E-state index contributed by atoms with van der Waals surface area (Å²) in [4.78, 5) is 13.9. The molecule has 26 heavy (non-hydrogen) atoms. The zero-order valence-electron chi connectivity index (χ0n) is 15.5. The van der Waals surface area contributed by atoms with Crippen molar-refractivity contribution >= 4 is 21.9 Å². The number of hydrogen-bond acceptors (Lipinski definition) is 3. The molecule has 0 bridgehead atoms. The highest BCUT2D eigenvalue weighted by molar-refractivity contribution is 5.79. The number of rotatable bonds is 4. The van der Waals surface area contributed by atoms with Crippen molar-refractivity contribution in [2.45, 2.75) is 39.0 Å². The van der Waals surface area contributed by atoms with E-state index >= 15 is 0 Å². The van der Waals surface area contributed by atoms with Crippen molar-refractivity contribution in [1.29, 1.82) is 0 Å². The number of nitrogens with zero attached hydrogens (tertiary/aromatic N) is 3. The number of fused-ring (bicyclic) bond motifs is 2. The first kappa shape index (κ1) is 16.6. The van der Waals surface area contributed by atoms with Crippen LogP contribution in [0.1, 0.15) is 49.4 Å². The van der Waals surface area contributed by atoms with E-state index in [0.717, 1.165) is 28.7 Å². The summed E-state index contributed by atoms with van der Waals surface area (Å²) in [6.45, 7) is 6.55. The summed E-state index contributed by atoms with van der Waals surface area (Å²) in [5.74, 6) is 0.781.